The van der Waals surface area contributed by atoms with E-state index < -0.39 is 227 Å². The summed E-state index contributed by atoms with van der Waals surface area (Å²) < 4.78 is 262. The van der Waals surface area contributed by atoms with Crippen molar-refractivity contribution >= 4 is 71.6 Å². The fourth-order valence-corrected chi connectivity index (χ4v) is 22.7. The molecular formula is C81H98F12O33. The van der Waals surface area contributed by atoms with Crippen LogP contribution in [0.1, 0.15) is 190 Å². The molecule has 0 aromatic rings. The molecular weight excluding hydrogens is 1730 g/mol. The third-order valence-electron chi connectivity index (χ3n) is 27.4. The maximum atomic E-state index is 13.5. The number of aliphatic hydroxyl groups excluding tert-OH is 1. The highest BCUT2D eigenvalue weighted by atomic mass is 19.3. The standard InChI is InChI=1S/C21H24F2O9.C19H22F2O8.C17H20F2O6.C10H16F2O2.2C7H8F2O4/c1-8(24)27-14-12-13(28-16(14)25)15-17(29-12)31-21(30-15)10-3-9-4-11(21)7-20(5-9,6-10)32-18(26)19(2,22)23;1-17(20,21)16(24)29-18-4-7-2-8(5-18)19(9(3-7)6-18)27-13-12-11(26-15(13)28-19)10(22)14(23)25-12;1-15(18,19)14(21)25-16-4-8-2-9(5-16)17(10(3-8)6-16)23-11-7-22-13(20)12(11)24-17;1-10(11,12)9(13)14-7-8-5-3-2-4-6-8;1-7(8,9)6(11)13-4-2-5(10)12-3-4;1-7(8,9)6(11)13-4-2-3-12-5(4)10/h9-15,17H,3-7H2,1-2H3;7-13,15,22H,2-6H2,1H3;8-12H,2-7H2,1H3;8H,2-7H2,1H3;2*4H,2-3H2,1H3. The van der Waals surface area contributed by atoms with E-state index in [1.807, 2.05) is 0 Å². The molecule has 20 atom stereocenters. The highest BCUT2D eigenvalue weighted by Crippen LogP contribution is 2.69. The van der Waals surface area contributed by atoms with E-state index in [0.717, 1.165) is 64.2 Å². The van der Waals surface area contributed by atoms with Gasteiger partial charge in [-0.1, -0.05) is 19.3 Å². The zero-order valence-corrected chi connectivity index (χ0v) is 69.3. The van der Waals surface area contributed by atoms with E-state index in [0.29, 0.717) is 105 Å². The molecule has 13 aliphatic carbocycles. The lowest BCUT2D eigenvalue weighted by molar-refractivity contribution is -0.343. The van der Waals surface area contributed by atoms with Crippen molar-refractivity contribution in [2.75, 3.05) is 26.4 Å². The third-order valence-corrected chi connectivity index (χ3v) is 27.4. The summed E-state index contributed by atoms with van der Waals surface area (Å²) >= 11 is 0. The monoisotopic (exact) mass is 1830 g/mol. The van der Waals surface area contributed by atoms with Gasteiger partial charge in [-0.2, -0.15) is 52.7 Å². The third kappa shape index (κ3) is 18.3. The van der Waals surface area contributed by atoms with Gasteiger partial charge in [0.05, 0.1) is 19.6 Å². The molecule has 0 amide bonds. The number of alkyl halides is 12. The van der Waals surface area contributed by atoms with Crippen LogP contribution in [0.4, 0.5) is 52.7 Å². The summed E-state index contributed by atoms with van der Waals surface area (Å²) in [4.78, 5) is 136. The van der Waals surface area contributed by atoms with E-state index in [9.17, 15) is 115 Å². The zero-order valence-electron chi connectivity index (χ0n) is 69.3. The first-order valence-corrected chi connectivity index (χ1v) is 42.3. The van der Waals surface area contributed by atoms with Gasteiger partial charge < -0.3 is 99.8 Å². The van der Waals surface area contributed by atoms with Gasteiger partial charge in [-0.05, 0) is 133 Å². The fraction of sp³-hybridized carbons (Fsp3) is 0.852. The van der Waals surface area contributed by atoms with Crippen molar-refractivity contribution in [3.05, 3.63) is 0 Å². The minimum absolute atomic E-state index is 0.0598. The number of fused-ring (bicyclic) bond motifs is 7. The second-order valence-electron chi connectivity index (χ2n) is 37.6. The maximum Gasteiger partial charge on any atom is 0.377 e. The second-order valence-corrected chi connectivity index (χ2v) is 37.6. The molecule has 13 saturated carbocycles. The van der Waals surface area contributed by atoms with E-state index >= 15 is 0 Å². The number of rotatable bonds is 14. The SMILES string of the molecule is CC(=O)OC1C(=O)OC2C3OC4(OC3OC12)C1CC2CC4CC(OC(=O)C(C)(F)F)(C2)C1.CC(F)(F)C(=O)OC12CC3CC(C1)C1(OC4COC(=O)C4O1)C(C3)C2.CC(F)(F)C(=O)OC12CC3CC(C1)C1(OC4OC5C(O)C(=O)OC5C4O1)C(C3)C2.CC(F)(F)C(=O)OC1CCOC1=O.CC(F)(F)C(=O)OC1COC(=O)C1.CC(F)(F)C(=O)OCC1CCCCC1. The highest BCUT2D eigenvalue weighted by Gasteiger charge is 2.77. The number of carbonyl (C=O) groups is 12. The van der Waals surface area contributed by atoms with Gasteiger partial charge in [0, 0.05) is 90.4 Å². The summed E-state index contributed by atoms with van der Waals surface area (Å²) in [5.74, 6) is -36.4. The van der Waals surface area contributed by atoms with Gasteiger partial charge in [-0.15, -0.1) is 0 Å². The van der Waals surface area contributed by atoms with Crippen LogP contribution in [0.25, 0.3) is 0 Å². The summed E-state index contributed by atoms with van der Waals surface area (Å²) in [5, 5.41) is 9.89. The van der Waals surface area contributed by atoms with Gasteiger partial charge in [0.25, 0.3) is 0 Å². The number of ether oxygens (including phenoxy) is 20. The number of carbonyl (C=O) groups excluding carboxylic acids is 12. The maximum absolute atomic E-state index is 13.5. The molecule has 45 heteroatoms. The molecule has 12 bridgehead atoms. The number of halogens is 12. The lowest BCUT2D eigenvalue weighted by atomic mass is 9.51. The van der Waals surface area contributed by atoms with E-state index in [1.54, 1.807) is 0 Å². The lowest BCUT2D eigenvalue weighted by Crippen LogP contribution is -2.66. The van der Waals surface area contributed by atoms with Crippen LogP contribution in [0.2, 0.25) is 0 Å². The van der Waals surface area contributed by atoms with Gasteiger partial charge in [0.1, 0.15) is 54.4 Å². The summed E-state index contributed by atoms with van der Waals surface area (Å²) in [6.45, 7) is 4.58. The summed E-state index contributed by atoms with van der Waals surface area (Å²) in [6.07, 6.45) is 2.67. The van der Waals surface area contributed by atoms with E-state index in [1.165, 1.54) is 13.3 Å². The van der Waals surface area contributed by atoms with E-state index in [2.05, 4.69) is 23.7 Å². The van der Waals surface area contributed by atoms with Crippen LogP contribution in [0, 0.1) is 59.2 Å². The molecule has 3 spiro atoms. The molecule has 23 fully saturated rings. The molecule has 1 N–H and O–H groups in total. The van der Waals surface area contributed by atoms with Crippen molar-refractivity contribution in [3.8, 4) is 0 Å². The first-order valence-electron chi connectivity index (χ1n) is 42.3. The fourth-order valence-electron chi connectivity index (χ4n) is 22.7. The van der Waals surface area contributed by atoms with Gasteiger partial charge >= 0.3 is 107 Å². The minimum Gasteiger partial charge on any atom is -0.463 e. The molecule has 33 nitrogen and oxygen atoms in total. The Kier molecular flexibility index (Phi) is 24.7. The van der Waals surface area contributed by atoms with Crippen molar-refractivity contribution in [1.29, 1.82) is 0 Å². The van der Waals surface area contributed by atoms with Crippen LogP contribution < -0.4 is 0 Å². The Morgan fingerprint density at radius 2 is 0.825 bits per heavy atom. The first-order chi connectivity index (χ1) is 58.6. The summed E-state index contributed by atoms with van der Waals surface area (Å²) in [6, 6.07) is 0. The minimum atomic E-state index is -3.57. The number of hydrogen-bond donors (Lipinski definition) is 1. The number of hydrogen-bond acceptors (Lipinski definition) is 33. The molecule has 0 aromatic heterocycles. The first kappa shape index (κ1) is 93.1. The van der Waals surface area contributed by atoms with Gasteiger partial charge in [-0.25, -0.2) is 47.9 Å². The predicted octanol–water partition coefficient (Wildman–Crippen LogP) is 7.91. The van der Waals surface area contributed by atoms with Crippen molar-refractivity contribution in [3.63, 3.8) is 0 Å². The average Bonchev–Trinajstić information content (AvgIpc) is 1.48. The van der Waals surface area contributed by atoms with Crippen molar-refractivity contribution in [2.24, 2.45) is 59.2 Å². The average molecular weight is 1830 g/mol. The molecule has 23 aliphatic rings. The van der Waals surface area contributed by atoms with E-state index in [-0.39, 0.29) is 92.5 Å². The van der Waals surface area contributed by atoms with E-state index in [4.69, 9.17) is 71.1 Å². The normalized spacial score (nSPS) is 42.1. The zero-order chi connectivity index (χ0) is 91.3. The molecule has 23 rings (SSSR count). The quantitative estimate of drug-likeness (QED) is 0.0980. The van der Waals surface area contributed by atoms with Gasteiger partial charge in [0.15, 0.2) is 66.6 Å². The van der Waals surface area contributed by atoms with Crippen LogP contribution in [-0.4, -0.2) is 259 Å². The smallest absolute Gasteiger partial charge is 0.377 e. The van der Waals surface area contributed by atoms with Gasteiger partial charge in [-0.3, -0.25) is 9.59 Å². The lowest BCUT2D eigenvalue weighted by Gasteiger charge is -2.62. The molecule has 10 aliphatic heterocycles. The Bertz CT molecular complexity index is 4190. The second kappa shape index (κ2) is 33.4. The Morgan fingerprint density at radius 3 is 1.22 bits per heavy atom. The molecule has 0 aromatic carbocycles. The number of cyclic esters (lactones) is 3. The van der Waals surface area contributed by atoms with Crippen LogP contribution in [-0.2, 0) is 152 Å². The molecule has 20 unspecified atom stereocenters. The molecule has 0 radical (unpaired) electrons. The summed E-state index contributed by atoms with van der Waals surface area (Å²) in [5.41, 5.74) is -2.71. The van der Waals surface area contributed by atoms with Gasteiger partial charge in [0.2, 0.25) is 12.2 Å². The molecule has 10 heterocycles. The van der Waals surface area contributed by atoms with Crippen LogP contribution in [0.3, 0.4) is 0 Å². The Labute approximate surface area is 710 Å². The predicted molar refractivity (Wildman–Crippen MR) is 379 cm³/mol. The van der Waals surface area contributed by atoms with Crippen LogP contribution >= 0.6 is 0 Å². The topological polar surface area (TPSA) is 410 Å². The Balaban J connectivity index is 0.000000121. The molecule has 10 saturated heterocycles. The van der Waals surface area contributed by atoms with Crippen LogP contribution in [0.15, 0.2) is 0 Å². The summed E-state index contributed by atoms with van der Waals surface area (Å²) in [7, 11) is 0. The van der Waals surface area contributed by atoms with Crippen LogP contribution in [0.5, 0.6) is 0 Å². The largest absolute Gasteiger partial charge is 0.463 e. The van der Waals surface area contributed by atoms with Crippen molar-refractivity contribution < 1.29 is 210 Å². The molecule has 704 valence electrons. The number of esters is 12. The Morgan fingerprint density at radius 1 is 0.413 bits per heavy atom. The Hall–Kier alpha value is -7.56. The highest BCUT2D eigenvalue weighted by molar-refractivity contribution is 5.84. The van der Waals surface area contributed by atoms with Crippen molar-refractivity contribution in [1.82, 2.24) is 0 Å². The number of aliphatic hydroxyl groups is 1. The molecule has 126 heavy (non-hydrogen) atoms. The van der Waals surface area contributed by atoms with Crippen molar-refractivity contribution in [2.45, 2.75) is 345 Å².